The SMILES string of the molecule is COc1ccc(Cc2cc([C@@]34OC[C@](CO)(O3)[C@@H](O)[C@H](O)[C@@H]4O)ccc2C)cc1. The van der Waals surface area contributed by atoms with E-state index in [0.717, 1.165) is 22.4 Å². The molecule has 0 aromatic heterocycles. The zero-order valence-electron chi connectivity index (χ0n) is 16.4. The number of aliphatic hydroxyl groups excluding tert-OH is 4. The molecule has 0 radical (unpaired) electrons. The van der Waals surface area contributed by atoms with Crippen molar-refractivity contribution >= 4 is 0 Å². The number of hydrogen-bond donors (Lipinski definition) is 4. The van der Waals surface area contributed by atoms with Crippen LogP contribution in [-0.4, -0.2) is 64.7 Å². The van der Waals surface area contributed by atoms with Crippen molar-refractivity contribution in [2.45, 2.75) is 43.0 Å². The number of aliphatic hydroxyl groups is 4. The second-order valence-electron chi connectivity index (χ2n) is 7.83. The van der Waals surface area contributed by atoms with Crippen LogP contribution >= 0.6 is 0 Å². The first-order valence-corrected chi connectivity index (χ1v) is 9.57. The minimum atomic E-state index is -1.65. The molecule has 29 heavy (non-hydrogen) atoms. The van der Waals surface area contributed by atoms with Gasteiger partial charge in [0.25, 0.3) is 0 Å². The maximum absolute atomic E-state index is 10.7. The molecule has 5 atom stereocenters. The van der Waals surface area contributed by atoms with Crippen molar-refractivity contribution < 1.29 is 34.6 Å². The summed E-state index contributed by atoms with van der Waals surface area (Å²) in [6, 6.07) is 13.3. The Hall–Kier alpha value is -2.00. The van der Waals surface area contributed by atoms with Gasteiger partial charge in [-0.2, -0.15) is 0 Å². The predicted molar refractivity (Wildman–Crippen MR) is 104 cm³/mol. The van der Waals surface area contributed by atoms with E-state index in [4.69, 9.17) is 14.2 Å². The first kappa shape index (κ1) is 20.3. The van der Waals surface area contributed by atoms with Crippen LogP contribution in [0.2, 0.25) is 0 Å². The van der Waals surface area contributed by atoms with Crippen LogP contribution in [-0.2, 0) is 21.7 Å². The minimum absolute atomic E-state index is 0.138. The number of rotatable bonds is 5. The molecule has 2 bridgehead atoms. The second-order valence-corrected chi connectivity index (χ2v) is 7.83. The Kier molecular flexibility index (Phi) is 5.14. The van der Waals surface area contributed by atoms with Gasteiger partial charge in [0.2, 0.25) is 5.79 Å². The number of fused-ring (bicyclic) bond motifs is 2. The summed E-state index contributed by atoms with van der Waals surface area (Å²) in [5, 5.41) is 41.1. The molecule has 2 heterocycles. The number of methoxy groups -OCH3 is 1. The molecule has 0 amide bonds. The number of hydrogen-bond acceptors (Lipinski definition) is 7. The molecular weight excluding hydrogens is 376 g/mol. The van der Waals surface area contributed by atoms with Crippen LogP contribution in [0.1, 0.15) is 22.3 Å². The van der Waals surface area contributed by atoms with Crippen LogP contribution in [0.3, 0.4) is 0 Å². The molecule has 7 nitrogen and oxygen atoms in total. The van der Waals surface area contributed by atoms with Gasteiger partial charge in [-0.3, -0.25) is 0 Å². The van der Waals surface area contributed by atoms with Crippen molar-refractivity contribution in [3.63, 3.8) is 0 Å². The fraction of sp³-hybridized carbons (Fsp3) is 0.455. The van der Waals surface area contributed by atoms with Crippen molar-refractivity contribution in [2.24, 2.45) is 0 Å². The zero-order valence-corrected chi connectivity index (χ0v) is 16.4. The van der Waals surface area contributed by atoms with E-state index < -0.39 is 36.3 Å². The Morgan fingerprint density at radius 3 is 2.45 bits per heavy atom. The van der Waals surface area contributed by atoms with Crippen molar-refractivity contribution in [1.29, 1.82) is 0 Å². The molecule has 2 aliphatic rings. The fourth-order valence-electron chi connectivity index (χ4n) is 4.12. The van der Waals surface area contributed by atoms with Gasteiger partial charge in [0, 0.05) is 5.56 Å². The van der Waals surface area contributed by atoms with Gasteiger partial charge in [0.1, 0.15) is 29.7 Å². The maximum atomic E-state index is 10.7. The summed E-state index contributed by atoms with van der Waals surface area (Å²) in [5.41, 5.74) is 2.20. The molecule has 7 heteroatoms. The third-order valence-electron chi connectivity index (χ3n) is 6.03. The molecule has 2 fully saturated rings. The topological polar surface area (TPSA) is 109 Å². The molecule has 2 saturated heterocycles. The van der Waals surface area contributed by atoms with Gasteiger partial charge in [-0.25, -0.2) is 0 Å². The molecule has 4 N–H and O–H groups in total. The molecule has 2 aromatic carbocycles. The largest absolute Gasteiger partial charge is 0.497 e. The number of benzene rings is 2. The first-order valence-electron chi connectivity index (χ1n) is 9.57. The van der Waals surface area contributed by atoms with Crippen molar-refractivity contribution in [2.75, 3.05) is 20.3 Å². The Morgan fingerprint density at radius 2 is 1.79 bits per heavy atom. The van der Waals surface area contributed by atoms with Gasteiger partial charge >= 0.3 is 0 Å². The van der Waals surface area contributed by atoms with Gasteiger partial charge in [-0.15, -0.1) is 0 Å². The summed E-state index contributed by atoms with van der Waals surface area (Å²) in [6.45, 7) is 1.31. The zero-order chi connectivity index (χ0) is 20.8. The van der Waals surface area contributed by atoms with E-state index in [9.17, 15) is 20.4 Å². The van der Waals surface area contributed by atoms with E-state index >= 15 is 0 Å². The van der Waals surface area contributed by atoms with Crippen molar-refractivity contribution in [3.05, 3.63) is 64.7 Å². The lowest BCUT2D eigenvalue weighted by atomic mass is 9.83. The molecule has 156 valence electrons. The molecular formula is C22H26O7. The molecule has 4 rings (SSSR count). The Balaban J connectivity index is 1.69. The highest BCUT2D eigenvalue weighted by atomic mass is 16.8. The van der Waals surface area contributed by atoms with Crippen LogP contribution < -0.4 is 4.74 Å². The van der Waals surface area contributed by atoms with Gasteiger partial charge in [0.05, 0.1) is 20.3 Å². The van der Waals surface area contributed by atoms with E-state index in [0.29, 0.717) is 12.0 Å². The normalized spacial score (nSPS) is 33.7. The summed E-state index contributed by atoms with van der Waals surface area (Å²) >= 11 is 0. The molecule has 0 saturated carbocycles. The van der Waals surface area contributed by atoms with Crippen LogP contribution in [0.4, 0.5) is 0 Å². The van der Waals surface area contributed by atoms with Crippen LogP contribution in [0.5, 0.6) is 5.75 Å². The Bertz CT molecular complexity index is 883. The molecule has 0 aliphatic carbocycles. The average molecular weight is 402 g/mol. The van der Waals surface area contributed by atoms with Crippen molar-refractivity contribution in [3.8, 4) is 5.75 Å². The van der Waals surface area contributed by atoms with Gasteiger partial charge < -0.3 is 34.6 Å². The fourth-order valence-corrected chi connectivity index (χ4v) is 4.12. The predicted octanol–water partition coefficient (Wildman–Crippen LogP) is 0.621. The van der Waals surface area contributed by atoms with Gasteiger partial charge in [-0.1, -0.05) is 24.3 Å². The first-order chi connectivity index (χ1) is 13.8. The Labute approximate surface area is 169 Å². The molecule has 0 unspecified atom stereocenters. The summed E-state index contributed by atoms with van der Waals surface area (Å²) in [7, 11) is 1.62. The monoisotopic (exact) mass is 402 g/mol. The maximum Gasteiger partial charge on any atom is 0.225 e. The Morgan fingerprint density at radius 1 is 1.07 bits per heavy atom. The number of aryl methyl sites for hydroxylation is 1. The summed E-state index contributed by atoms with van der Waals surface area (Å²) in [6.07, 6.45) is -3.82. The number of ether oxygens (including phenoxy) is 3. The molecule has 2 aliphatic heterocycles. The average Bonchev–Trinajstić information content (AvgIpc) is 3.13. The summed E-state index contributed by atoms with van der Waals surface area (Å²) in [5.74, 6) is -0.868. The standard InChI is InChI=1S/C22H26O7/c1-13-3-6-16(10-15(13)9-14-4-7-17(27-2)8-5-14)22-20(26)18(24)19(25)21(11-23,29-22)12-28-22/h3-8,10,18-20,23-26H,9,11-12H2,1-2H3/t18-,19-,20-,21-,22+/m0/s1. The minimum Gasteiger partial charge on any atom is -0.497 e. The lowest BCUT2D eigenvalue weighted by molar-refractivity contribution is -0.329. The quantitative estimate of drug-likeness (QED) is 0.581. The molecule has 0 spiro atoms. The second kappa shape index (κ2) is 7.36. The highest BCUT2D eigenvalue weighted by Gasteiger charge is 2.67. The van der Waals surface area contributed by atoms with Crippen LogP contribution in [0.15, 0.2) is 42.5 Å². The molecule has 2 aromatic rings. The lowest BCUT2D eigenvalue weighted by Gasteiger charge is -2.46. The highest BCUT2D eigenvalue weighted by molar-refractivity contribution is 5.39. The smallest absolute Gasteiger partial charge is 0.225 e. The third kappa shape index (κ3) is 3.15. The van der Waals surface area contributed by atoms with Gasteiger partial charge in [0.15, 0.2) is 0 Å². The summed E-state index contributed by atoms with van der Waals surface area (Å²) < 4.78 is 16.9. The van der Waals surface area contributed by atoms with Gasteiger partial charge in [-0.05, 0) is 48.2 Å². The van der Waals surface area contributed by atoms with E-state index in [-0.39, 0.29) is 6.61 Å². The van der Waals surface area contributed by atoms with Crippen LogP contribution in [0, 0.1) is 6.92 Å². The highest BCUT2D eigenvalue weighted by Crippen LogP contribution is 2.49. The van der Waals surface area contributed by atoms with E-state index in [2.05, 4.69) is 0 Å². The van der Waals surface area contributed by atoms with Crippen LogP contribution in [0.25, 0.3) is 0 Å². The van der Waals surface area contributed by atoms with E-state index in [1.165, 1.54) is 0 Å². The van der Waals surface area contributed by atoms with E-state index in [1.54, 1.807) is 13.2 Å². The van der Waals surface area contributed by atoms with Crippen molar-refractivity contribution in [1.82, 2.24) is 0 Å². The van der Waals surface area contributed by atoms with E-state index in [1.807, 2.05) is 43.3 Å². The lowest BCUT2D eigenvalue weighted by Crippen LogP contribution is -2.65. The third-order valence-corrected chi connectivity index (χ3v) is 6.03. The summed E-state index contributed by atoms with van der Waals surface area (Å²) in [4.78, 5) is 0.